The average Bonchev–Trinajstić information content (AvgIpc) is 3.98. The van der Waals surface area contributed by atoms with Crippen molar-refractivity contribution in [2.75, 3.05) is 0 Å². The molecule has 5 nitrogen and oxygen atoms in total. The summed E-state index contributed by atoms with van der Waals surface area (Å²) in [5.41, 5.74) is 9.34. The number of fused-ring (bicyclic) bond motifs is 10. The SMILES string of the molecule is c1ccc(-c2nc(-c3cc4sc5ccccc5c4cc3-n3c4ccccc4c4cc5ccccc5cc43)nc(-c3cccc4c5ccccc5n(-c5ccccc5)c34)n2)cc1. The Morgan fingerprint density at radius 1 is 0.344 bits per heavy atom. The summed E-state index contributed by atoms with van der Waals surface area (Å²) in [6.45, 7) is 0. The lowest BCUT2D eigenvalue weighted by Crippen LogP contribution is -2.04. The van der Waals surface area contributed by atoms with Gasteiger partial charge in [-0.3, -0.25) is 0 Å². The van der Waals surface area contributed by atoms with Gasteiger partial charge in [0.05, 0.1) is 27.8 Å². The molecular weight excluding hydrogens is 763 g/mol. The van der Waals surface area contributed by atoms with Crippen LogP contribution in [0.4, 0.5) is 0 Å². The van der Waals surface area contributed by atoms with Crippen molar-refractivity contribution in [2.24, 2.45) is 0 Å². The minimum atomic E-state index is 0.615. The summed E-state index contributed by atoms with van der Waals surface area (Å²) in [7, 11) is 0. The molecule has 0 atom stereocenters. The maximum absolute atomic E-state index is 5.55. The first-order valence-electron chi connectivity index (χ1n) is 20.5. The van der Waals surface area contributed by atoms with Gasteiger partial charge in [0, 0.05) is 64.1 Å². The Balaban J connectivity index is 1.16. The molecule has 0 unspecified atom stereocenters. The Morgan fingerprint density at radius 3 is 1.72 bits per heavy atom. The van der Waals surface area contributed by atoms with E-state index in [1.54, 1.807) is 11.3 Å². The van der Waals surface area contributed by atoms with Gasteiger partial charge in [0.15, 0.2) is 17.5 Å². The highest BCUT2D eigenvalue weighted by Gasteiger charge is 2.24. The van der Waals surface area contributed by atoms with Crippen molar-refractivity contribution in [1.82, 2.24) is 24.1 Å². The van der Waals surface area contributed by atoms with E-state index in [1.165, 1.54) is 47.1 Å². The molecule has 0 saturated heterocycles. The summed E-state index contributed by atoms with van der Waals surface area (Å²) in [4.78, 5) is 16.3. The quantitative estimate of drug-likeness (QED) is 0.174. The molecule has 4 aromatic heterocycles. The number of rotatable bonds is 5. The number of nitrogens with zero attached hydrogens (tertiary/aromatic N) is 5. The minimum Gasteiger partial charge on any atom is -0.309 e. The molecule has 13 rings (SSSR count). The molecule has 0 bridgehead atoms. The van der Waals surface area contributed by atoms with E-state index in [-0.39, 0.29) is 0 Å². The molecule has 13 aromatic rings. The number of benzene rings is 9. The second kappa shape index (κ2) is 13.3. The number of hydrogen-bond donors (Lipinski definition) is 0. The summed E-state index contributed by atoms with van der Waals surface area (Å²) in [6.07, 6.45) is 0. The second-order valence-electron chi connectivity index (χ2n) is 15.6. The summed E-state index contributed by atoms with van der Waals surface area (Å²) < 4.78 is 7.21. The van der Waals surface area contributed by atoms with E-state index in [0.29, 0.717) is 17.5 Å². The van der Waals surface area contributed by atoms with E-state index < -0.39 is 0 Å². The highest BCUT2D eigenvalue weighted by Crippen LogP contribution is 2.44. The predicted octanol–water partition coefficient (Wildman–Crippen LogP) is 14.6. The van der Waals surface area contributed by atoms with Gasteiger partial charge in [-0.15, -0.1) is 11.3 Å². The van der Waals surface area contributed by atoms with Gasteiger partial charge in [-0.05, 0) is 71.4 Å². The third kappa shape index (κ3) is 5.22. The van der Waals surface area contributed by atoms with Crippen LogP contribution in [0.25, 0.3) is 120 Å². The molecule has 0 spiro atoms. The average molecular weight is 796 g/mol. The minimum absolute atomic E-state index is 0.615. The Bertz CT molecular complexity index is 3880. The largest absolute Gasteiger partial charge is 0.309 e. The maximum atomic E-state index is 5.55. The van der Waals surface area contributed by atoms with Crippen LogP contribution in [0.2, 0.25) is 0 Å². The Hall–Kier alpha value is -7.93. The molecule has 6 heteroatoms. The van der Waals surface area contributed by atoms with Crippen LogP contribution in [0.5, 0.6) is 0 Å². The first-order chi connectivity index (χ1) is 30.2. The van der Waals surface area contributed by atoms with Crippen molar-refractivity contribution >= 4 is 85.9 Å². The number of para-hydroxylation sites is 4. The van der Waals surface area contributed by atoms with Crippen molar-refractivity contribution in [1.29, 1.82) is 0 Å². The molecule has 0 fully saturated rings. The lowest BCUT2D eigenvalue weighted by Gasteiger charge is -2.16. The van der Waals surface area contributed by atoms with E-state index in [4.69, 9.17) is 15.0 Å². The summed E-state index contributed by atoms with van der Waals surface area (Å²) in [6, 6.07) is 71.4. The number of aromatic nitrogens is 5. The van der Waals surface area contributed by atoms with Crippen molar-refractivity contribution in [3.8, 4) is 45.5 Å². The van der Waals surface area contributed by atoms with Crippen LogP contribution in [-0.4, -0.2) is 24.1 Å². The summed E-state index contributed by atoms with van der Waals surface area (Å²) in [5.74, 6) is 1.85. The summed E-state index contributed by atoms with van der Waals surface area (Å²) >= 11 is 1.81. The Morgan fingerprint density at radius 2 is 0.934 bits per heavy atom. The molecule has 61 heavy (non-hydrogen) atoms. The van der Waals surface area contributed by atoms with Gasteiger partial charge in [-0.25, -0.2) is 15.0 Å². The van der Waals surface area contributed by atoms with Gasteiger partial charge in [0.1, 0.15) is 0 Å². The molecule has 0 N–H and O–H groups in total. The molecule has 4 heterocycles. The number of thiophene rings is 1. The molecular formula is C55H33N5S. The maximum Gasteiger partial charge on any atom is 0.166 e. The smallest absolute Gasteiger partial charge is 0.166 e. The first kappa shape index (κ1) is 34.0. The molecule has 284 valence electrons. The van der Waals surface area contributed by atoms with E-state index >= 15 is 0 Å². The lowest BCUT2D eigenvalue weighted by atomic mass is 10.0. The van der Waals surface area contributed by atoms with Crippen LogP contribution in [0.3, 0.4) is 0 Å². The van der Waals surface area contributed by atoms with Crippen LogP contribution in [0.1, 0.15) is 0 Å². The fourth-order valence-corrected chi connectivity index (χ4v) is 10.5. The fourth-order valence-electron chi connectivity index (χ4n) is 9.42. The molecule has 0 aliphatic carbocycles. The van der Waals surface area contributed by atoms with Crippen molar-refractivity contribution < 1.29 is 0 Å². The van der Waals surface area contributed by atoms with Gasteiger partial charge in [0.25, 0.3) is 0 Å². The third-order valence-electron chi connectivity index (χ3n) is 12.1. The first-order valence-corrected chi connectivity index (χ1v) is 21.3. The van der Waals surface area contributed by atoms with E-state index in [0.717, 1.165) is 55.5 Å². The molecule has 0 saturated carbocycles. The van der Waals surface area contributed by atoms with Crippen LogP contribution >= 0.6 is 11.3 Å². The highest BCUT2D eigenvalue weighted by atomic mass is 32.1. The molecule has 0 aliphatic rings. The predicted molar refractivity (Wildman–Crippen MR) is 255 cm³/mol. The number of hydrogen-bond acceptors (Lipinski definition) is 4. The van der Waals surface area contributed by atoms with Crippen molar-refractivity contribution in [3.63, 3.8) is 0 Å². The van der Waals surface area contributed by atoms with Crippen molar-refractivity contribution in [2.45, 2.75) is 0 Å². The van der Waals surface area contributed by atoms with Gasteiger partial charge >= 0.3 is 0 Å². The summed E-state index contributed by atoms with van der Waals surface area (Å²) in [5, 5.41) is 9.59. The Labute approximate surface area is 354 Å². The molecule has 0 aliphatic heterocycles. The lowest BCUT2D eigenvalue weighted by molar-refractivity contribution is 1.06. The normalized spacial score (nSPS) is 11.9. The molecule has 0 radical (unpaired) electrons. The van der Waals surface area contributed by atoms with Gasteiger partial charge < -0.3 is 9.13 Å². The van der Waals surface area contributed by atoms with Crippen molar-refractivity contribution in [3.05, 3.63) is 200 Å². The Kier molecular flexibility index (Phi) is 7.41. The zero-order valence-electron chi connectivity index (χ0n) is 32.7. The van der Waals surface area contributed by atoms with E-state index in [2.05, 4.69) is 191 Å². The van der Waals surface area contributed by atoms with Gasteiger partial charge in [-0.1, -0.05) is 140 Å². The van der Waals surface area contributed by atoms with Gasteiger partial charge in [0.2, 0.25) is 0 Å². The van der Waals surface area contributed by atoms with E-state index in [1.807, 2.05) is 18.2 Å². The van der Waals surface area contributed by atoms with Gasteiger partial charge in [-0.2, -0.15) is 0 Å². The zero-order chi connectivity index (χ0) is 40.0. The van der Waals surface area contributed by atoms with Crippen LogP contribution in [-0.2, 0) is 0 Å². The zero-order valence-corrected chi connectivity index (χ0v) is 33.5. The van der Waals surface area contributed by atoms with Crippen LogP contribution < -0.4 is 0 Å². The standard InChI is InChI=1S/C55H33N5S/c1-3-16-34(17-4-1)53-56-54(42-26-15-25-41-38-22-9-12-27-46(38)59(52(41)42)37-20-5-2-6-21-37)58-55(57-53)45-33-51-44(40-24-11-14-29-50(40)61-51)32-49(45)60-47-28-13-10-23-39(47)43-30-35-18-7-8-19-36(35)31-48(43)60/h1-33H. The highest BCUT2D eigenvalue weighted by molar-refractivity contribution is 7.25. The second-order valence-corrected chi connectivity index (χ2v) is 16.7. The van der Waals surface area contributed by atoms with E-state index in [9.17, 15) is 0 Å². The molecule has 0 amide bonds. The third-order valence-corrected chi connectivity index (χ3v) is 13.3. The van der Waals surface area contributed by atoms with Crippen LogP contribution in [0.15, 0.2) is 200 Å². The topological polar surface area (TPSA) is 48.5 Å². The molecule has 9 aromatic carbocycles. The van der Waals surface area contributed by atoms with Crippen LogP contribution in [0, 0.1) is 0 Å². The fraction of sp³-hybridized carbons (Fsp3) is 0. The monoisotopic (exact) mass is 795 g/mol.